The summed E-state index contributed by atoms with van der Waals surface area (Å²) in [4.78, 5) is 26.3. The van der Waals surface area contributed by atoms with Gasteiger partial charge in [-0.25, -0.2) is 0 Å². The molecule has 0 bridgehead atoms. The lowest BCUT2D eigenvalue weighted by Gasteiger charge is -2.10. The van der Waals surface area contributed by atoms with Gasteiger partial charge in [0, 0.05) is 30.6 Å². The number of anilines is 2. The monoisotopic (exact) mass is 286 g/mol. The van der Waals surface area contributed by atoms with Crippen molar-refractivity contribution in [3.05, 3.63) is 58.4 Å². The number of nitro groups is 1. The molecule has 0 fully saturated rings. The number of amides is 1. The third-order valence-electron chi connectivity index (χ3n) is 2.77. The number of nitrogens with zero attached hydrogens (tertiary/aromatic N) is 2. The van der Waals surface area contributed by atoms with E-state index < -0.39 is 4.92 Å². The fourth-order valence-electron chi connectivity index (χ4n) is 1.79. The number of rotatable bonds is 5. The van der Waals surface area contributed by atoms with Crippen LogP contribution in [0, 0.1) is 10.1 Å². The Morgan fingerprint density at radius 2 is 2.00 bits per heavy atom. The van der Waals surface area contributed by atoms with Crippen molar-refractivity contribution in [2.24, 2.45) is 0 Å². The molecular formula is C14H14N4O3. The van der Waals surface area contributed by atoms with Crippen LogP contribution in [0.5, 0.6) is 0 Å². The topological polar surface area (TPSA) is 97.2 Å². The van der Waals surface area contributed by atoms with E-state index in [-0.39, 0.29) is 11.6 Å². The van der Waals surface area contributed by atoms with Crippen molar-refractivity contribution < 1.29 is 9.72 Å². The highest BCUT2D eigenvalue weighted by atomic mass is 16.6. The van der Waals surface area contributed by atoms with Crippen LogP contribution >= 0.6 is 0 Å². The molecule has 0 unspecified atom stereocenters. The summed E-state index contributed by atoms with van der Waals surface area (Å²) in [6, 6.07) is 7.27. The van der Waals surface area contributed by atoms with Gasteiger partial charge in [-0.1, -0.05) is 0 Å². The highest BCUT2D eigenvalue weighted by molar-refractivity contribution is 6.07. The van der Waals surface area contributed by atoms with Gasteiger partial charge in [0.25, 0.3) is 11.6 Å². The van der Waals surface area contributed by atoms with E-state index in [2.05, 4.69) is 15.6 Å². The highest BCUT2D eigenvalue weighted by Gasteiger charge is 2.12. The number of carbonyl (C=O) groups excluding carboxylic acids is 1. The molecule has 0 spiro atoms. The molecule has 0 aliphatic rings. The van der Waals surface area contributed by atoms with Gasteiger partial charge in [0.15, 0.2) is 0 Å². The van der Waals surface area contributed by atoms with Gasteiger partial charge in [0.05, 0.1) is 22.4 Å². The first-order valence-electron chi connectivity index (χ1n) is 6.35. The molecule has 0 saturated heterocycles. The van der Waals surface area contributed by atoms with Crippen LogP contribution in [0.2, 0.25) is 0 Å². The Morgan fingerprint density at radius 1 is 1.29 bits per heavy atom. The number of benzene rings is 1. The third kappa shape index (κ3) is 3.53. The first-order valence-corrected chi connectivity index (χ1v) is 6.35. The maximum atomic E-state index is 12.2. The molecule has 7 nitrogen and oxygen atoms in total. The number of hydrogen-bond acceptors (Lipinski definition) is 5. The zero-order valence-electron chi connectivity index (χ0n) is 11.4. The van der Waals surface area contributed by atoms with Crippen molar-refractivity contribution in [2.45, 2.75) is 6.92 Å². The van der Waals surface area contributed by atoms with Gasteiger partial charge in [0.1, 0.15) is 0 Å². The summed E-state index contributed by atoms with van der Waals surface area (Å²) < 4.78 is 0. The molecule has 2 N–H and O–H groups in total. The SMILES string of the molecule is CCNc1cnccc1C(=O)Nc1ccc([N+](=O)[O-])cc1. The number of pyridine rings is 1. The lowest BCUT2D eigenvalue weighted by Crippen LogP contribution is -2.15. The van der Waals surface area contributed by atoms with Crippen molar-refractivity contribution in [1.82, 2.24) is 4.98 Å². The summed E-state index contributed by atoms with van der Waals surface area (Å²) in [5, 5.41) is 16.3. The fraction of sp³-hybridized carbons (Fsp3) is 0.143. The maximum absolute atomic E-state index is 12.2. The minimum absolute atomic E-state index is 0.0229. The second-order valence-corrected chi connectivity index (χ2v) is 4.21. The molecule has 0 atom stereocenters. The Bertz CT molecular complexity index is 656. The van der Waals surface area contributed by atoms with Crippen LogP contribution in [0.4, 0.5) is 17.1 Å². The summed E-state index contributed by atoms with van der Waals surface area (Å²) >= 11 is 0. The number of non-ortho nitro benzene ring substituents is 1. The zero-order chi connectivity index (χ0) is 15.2. The van der Waals surface area contributed by atoms with Crippen molar-refractivity contribution in [3.63, 3.8) is 0 Å². The Balaban J connectivity index is 2.16. The van der Waals surface area contributed by atoms with Gasteiger partial charge in [-0.3, -0.25) is 19.9 Å². The first kappa shape index (κ1) is 14.4. The molecule has 1 aromatic carbocycles. The Hall–Kier alpha value is -2.96. The molecule has 1 heterocycles. The summed E-state index contributed by atoms with van der Waals surface area (Å²) in [6.07, 6.45) is 3.11. The molecule has 21 heavy (non-hydrogen) atoms. The van der Waals surface area contributed by atoms with Crippen LogP contribution < -0.4 is 10.6 Å². The van der Waals surface area contributed by atoms with E-state index in [0.717, 1.165) is 0 Å². The summed E-state index contributed by atoms with van der Waals surface area (Å²) in [6.45, 7) is 2.59. The van der Waals surface area contributed by atoms with Crippen molar-refractivity contribution in [1.29, 1.82) is 0 Å². The van der Waals surface area contributed by atoms with Gasteiger partial charge in [0.2, 0.25) is 0 Å². The zero-order valence-corrected chi connectivity index (χ0v) is 11.4. The van der Waals surface area contributed by atoms with Gasteiger partial charge in [-0.05, 0) is 25.1 Å². The van der Waals surface area contributed by atoms with Crippen LogP contribution in [-0.2, 0) is 0 Å². The van der Waals surface area contributed by atoms with E-state index in [1.54, 1.807) is 12.3 Å². The quantitative estimate of drug-likeness (QED) is 0.650. The number of aromatic nitrogens is 1. The predicted octanol–water partition coefficient (Wildman–Crippen LogP) is 2.67. The lowest BCUT2D eigenvalue weighted by molar-refractivity contribution is -0.384. The second kappa shape index (κ2) is 6.47. The number of nitro benzene ring substituents is 1. The fourth-order valence-corrected chi connectivity index (χ4v) is 1.79. The molecule has 1 amide bonds. The molecule has 0 aliphatic heterocycles. The Morgan fingerprint density at radius 3 is 2.62 bits per heavy atom. The average Bonchev–Trinajstić information content (AvgIpc) is 2.48. The van der Waals surface area contributed by atoms with Crippen LogP contribution in [0.1, 0.15) is 17.3 Å². The van der Waals surface area contributed by atoms with E-state index in [0.29, 0.717) is 23.5 Å². The summed E-state index contributed by atoms with van der Waals surface area (Å²) in [5.41, 5.74) is 1.57. The molecule has 2 aromatic rings. The van der Waals surface area contributed by atoms with Crippen molar-refractivity contribution in [3.8, 4) is 0 Å². The van der Waals surface area contributed by atoms with Crippen LogP contribution in [-0.4, -0.2) is 22.4 Å². The lowest BCUT2D eigenvalue weighted by atomic mass is 10.2. The van der Waals surface area contributed by atoms with E-state index in [1.807, 2.05) is 6.92 Å². The first-order chi connectivity index (χ1) is 10.1. The summed E-state index contributed by atoms with van der Waals surface area (Å²) in [7, 11) is 0. The Labute approximate surface area is 121 Å². The number of hydrogen-bond donors (Lipinski definition) is 2. The van der Waals surface area contributed by atoms with Crippen molar-refractivity contribution in [2.75, 3.05) is 17.2 Å². The maximum Gasteiger partial charge on any atom is 0.269 e. The van der Waals surface area contributed by atoms with E-state index in [9.17, 15) is 14.9 Å². The Kier molecular flexibility index (Phi) is 4.45. The molecule has 108 valence electrons. The summed E-state index contributed by atoms with van der Waals surface area (Å²) in [5.74, 6) is -0.304. The molecule has 2 rings (SSSR count). The molecule has 0 radical (unpaired) electrons. The van der Waals surface area contributed by atoms with Gasteiger partial charge in [-0.2, -0.15) is 0 Å². The number of nitrogens with one attached hydrogen (secondary N) is 2. The molecular weight excluding hydrogens is 272 g/mol. The van der Waals surface area contributed by atoms with Crippen LogP contribution in [0.15, 0.2) is 42.7 Å². The largest absolute Gasteiger partial charge is 0.383 e. The van der Waals surface area contributed by atoms with Gasteiger partial charge < -0.3 is 10.6 Å². The molecule has 7 heteroatoms. The van der Waals surface area contributed by atoms with Gasteiger partial charge >= 0.3 is 0 Å². The smallest absolute Gasteiger partial charge is 0.269 e. The van der Waals surface area contributed by atoms with E-state index >= 15 is 0 Å². The van der Waals surface area contributed by atoms with Crippen LogP contribution in [0.3, 0.4) is 0 Å². The van der Waals surface area contributed by atoms with Gasteiger partial charge in [-0.15, -0.1) is 0 Å². The van der Waals surface area contributed by atoms with E-state index in [4.69, 9.17) is 0 Å². The van der Waals surface area contributed by atoms with E-state index in [1.165, 1.54) is 30.5 Å². The average molecular weight is 286 g/mol. The minimum Gasteiger partial charge on any atom is -0.383 e. The van der Waals surface area contributed by atoms with Crippen molar-refractivity contribution >= 4 is 23.0 Å². The standard InChI is InChI=1S/C14H14N4O3/c1-2-16-13-9-15-8-7-12(13)14(19)17-10-3-5-11(6-4-10)18(20)21/h3-9,16H,2H2,1H3,(H,17,19). The highest BCUT2D eigenvalue weighted by Crippen LogP contribution is 2.18. The number of carbonyl (C=O) groups is 1. The predicted molar refractivity (Wildman–Crippen MR) is 79.5 cm³/mol. The second-order valence-electron chi connectivity index (χ2n) is 4.21. The normalized spacial score (nSPS) is 9.95. The minimum atomic E-state index is -0.488. The molecule has 0 saturated carbocycles. The third-order valence-corrected chi connectivity index (χ3v) is 2.77. The van der Waals surface area contributed by atoms with Crippen LogP contribution in [0.25, 0.3) is 0 Å². The molecule has 1 aromatic heterocycles. The molecule has 0 aliphatic carbocycles.